The number of hydrogen-bond donors (Lipinski definition) is 2. The fourth-order valence-electron chi connectivity index (χ4n) is 1.33. The minimum atomic E-state index is -0.378. The molecule has 0 aliphatic carbocycles. The molecule has 0 radical (unpaired) electrons. The average molecular weight is 367 g/mol. The Labute approximate surface area is 133 Å². The molecular formula is C13H11BrN4O2S. The van der Waals surface area contributed by atoms with Crippen molar-refractivity contribution in [3.63, 3.8) is 0 Å². The average Bonchev–Trinajstić information content (AvgIpc) is 2.52. The highest BCUT2D eigenvalue weighted by Crippen LogP contribution is 2.11. The first-order valence-electron chi connectivity index (χ1n) is 5.90. The molecule has 2 amide bonds. The molecule has 2 N–H and O–H groups in total. The van der Waals surface area contributed by atoms with Crippen LogP contribution in [0, 0.1) is 0 Å². The summed E-state index contributed by atoms with van der Waals surface area (Å²) < 4.78 is 0.877. The molecule has 0 atom stereocenters. The van der Waals surface area contributed by atoms with Crippen molar-refractivity contribution in [1.29, 1.82) is 0 Å². The highest BCUT2D eigenvalue weighted by molar-refractivity contribution is 9.10. The van der Waals surface area contributed by atoms with Crippen LogP contribution in [0.25, 0.3) is 0 Å². The van der Waals surface area contributed by atoms with Gasteiger partial charge in [0, 0.05) is 22.4 Å². The zero-order chi connectivity index (χ0) is 15.1. The minimum absolute atomic E-state index is 0.116. The van der Waals surface area contributed by atoms with Crippen LogP contribution in [0.3, 0.4) is 0 Å². The first-order chi connectivity index (χ1) is 10.1. The lowest BCUT2D eigenvalue weighted by molar-refractivity contribution is -0.119. The van der Waals surface area contributed by atoms with Gasteiger partial charge in [-0.1, -0.05) is 27.7 Å². The zero-order valence-electron chi connectivity index (χ0n) is 10.7. The number of hydrogen-bond acceptors (Lipinski definition) is 5. The van der Waals surface area contributed by atoms with Gasteiger partial charge < -0.3 is 0 Å². The van der Waals surface area contributed by atoms with Gasteiger partial charge in [-0.15, -0.1) is 0 Å². The molecule has 0 spiro atoms. The Hall–Kier alpha value is -1.93. The molecule has 1 aromatic heterocycles. The Morgan fingerprint density at radius 3 is 2.43 bits per heavy atom. The van der Waals surface area contributed by atoms with E-state index in [-0.39, 0.29) is 17.6 Å². The first kappa shape index (κ1) is 15.5. The smallest absolute Gasteiger partial charge is 0.269 e. The third-order valence-electron chi connectivity index (χ3n) is 2.30. The van der Waals surface area contributed by atoms with Crippen molar-refractivity contribution in [2.75, 3.05) is 5.75 Å². The maximum absolute atomic E-state index is 11.8. The first-order valence-corrected chi connectivity index (χ1v) is 7.67. The van der Waals surface area contributed by atoms with E-state index in [1.54, 1.807) is 42.7 Å². The zero-order valence-corrected chi connectivity index (χ0v) is 13.1. The molecule has 0 saturated heterocycles. The van der Waals surface area contributed by atoms with Crippen molar-refractivity contribution in [2.45, 2.75) is 5.16 Å². The van der Waals surface area contributed by atoms with Crippen LogP contribution in [0.5, 0.6) is 0 Å². The van der Waals surface area contributed by atoms with Gasteiger partial charge in [0.2, 0.25) is 5.91 Å². The number of nitrogens with zero attached hydrogens (tertiary/aromatic N) is 2. The second-order valence-corrected chi connectivity index (χ2v) is 5.69. The van der Waals surface area contributed by atoms with Gasteiger partial charge in [-0.25, -0.2) is 9.97 Å². The Morgan fingerprint density at radius 2 is 1.76 bits per heavy atom. The van der Waals surface area contributed by atoms with Gasteiger partial charge in [0.05, 0.1) is 5.75 Å². The molecule has 0 aliphatic heterocycles. The van der Waals surface area contributed by atoms with Gasteiger partial charge in [0.25, 0.3) is 5.91 Å². The number of aromatic nitrogens is 2. The number of amides is 2. The van der Waals surface area contributed by atoms with Crippen molar-refractivity contribution in [1.82, 2.24) is 20.8 Å². The summed E-state index contributed by atoms with van der Waals surface area (Å²) in [5.74, 6) is -0.598. The van der Waals surface area contributed by atoms with Gasteiger partial charge in [0.15, 0.2) is 5.16 Å². The van der Waals surface area contributed by atoms with Crippen LogP contribution in [0.4, 0.5) is 0 Å². The normalized spacial score (nSPS) is 9.95. The van der Waals surface area contributed by atoms with E-state index in [1.807, 2.05) is 0 Å². The van der Waals surface area contributed by atoms with Crippen LogP contribution < -0.4 is 10.9 Å². The Morgan fingerprint density at radius 1 is 1.10 bits per heavy atom. The lowest BCUT2D eigenvalue weighted by Crippen LogP contribution is -2.42. The minimum Gasteiger partial charge on any atom is -0.272 e. The molecule has 1 heterocycles. The summed E-state index contributed by atoms with van der Waals surface area (Å²) in [5.41, 5.74) is 5.14. The summed E-state index contributed by atoms with van der Waals surface area (Å²) in [4.78, 5) is 31.3. The summed E-state index contributed by atoms with van der Waals surface area (Å²) >= 11 is 4.47. The largest absolute Gasteiger partial charge is 0.272 e. The lowest BCUT2D eigenvalue weighted by atomic mass is 10.2. The molecule has 0 unspecified atom stereocenters. The number of carbonyl (C=O) groups excluding carboxylic acids is 2. The number of nitrogens with one attached hydrogen (secondary N) is 2. The number of thioether (sulfide) groups is 1. The van der Waals surface area contributed by atoms with Gasteiger partial charge >= 0.3 is 0 Å². The summed E-state index contributed by atoms with van der Waals surface area (Å²) in [7, 11) is 0. The highest BCUT2D eigenvalue weighted by Gasteiger charge is 2.08. The third kappa shape index (κ3) is 5.16. The van der Waals surface area contributed by atoms with Crippen LogP contribution in [-0.4, -0.2) is 27.5 Å². The van der Waals surface area contributed by atoms with E-state index in [0.29, 0.717) is 10.7 Å². The third-order valence-corrected chi connectivity index (χ3v) is 3.70. The van der Waals surface area contributed by atoms with Gasteiger partial charge in [-0.2, -0.15) is 0 Å². The summed E-state index contributed by atoms with van der Waals surface area (Å²) in [6.07, 6.45) is 3.20. The van der Waals surface area contributed by atoms with E-state index >= 15 is 0 Å². The number of benzene rings is 1. The molecule has 108 valence electrons. The van der Waals surface area contributed by atoms with E-state index < -0.39 is 0 Å². The molecule has 0 aliphatic rings. The van der Waals surface area contributed by atoms with E-state index in [1.165, 1.54) is 11.8 Å². The number of carbonyl (C=O) groups is 2. The van der Waals surface area contributed by atoms with Crippen molar-refractivity contribution >= 4 is 39.5 Å². The number of halogens is 1. The Balaban J connectivity index is 1.76. The van der Waals surface area contributed by atoms with E-state index in [4.69, 9.17) is 0 Å². The SMILES string of the molecule is O=C(CSc1ncccn1)NNC(=O)c1ccc(Br)cc1. The fourth-order valence-corrected chi connectivity index (χ4v) is 2.19. The molecule has 2 aromatic rings. The quantitative estimate of drug-likeness (QED) is 0.489. The predicted molar refractivity (Wildman–Crippen MR) is 82.5 cm³/mol. The van der Waals surface area contributed by atoms with Crippen LogP contribution in [-0.2, 0) is 4.79 Å². The van der Waals surface area contributed by atoms with Crippen molar-refractivity contribution in [2.24, 2.45) is 0 Å². The second-order valence-electron chi connectivity index (χ2n) is 3.83. The molecule has 0 saturated carbocycles. The summed E-state index contributed by atoms with van der Waals surface area (Å²) in [6.45, 7) is 0. The fraction of sp³-hybridized carbons (Fsp3) is 0.0769. The summed E-state index contributed by atoms with van der Waals surface area (Å²) in [6, 6.07) is 8.50. The van der Waals surface area contributed by atoms with Crippen LogP contribution in [0.2, 0.25) is 0 Å². The van der Waals surface area contributed by atoms with Gasteiger partial charge in [0.1, 0.15) is 0 Å². The van der Waals surface area contributed by atoms with Crippen molar-refractivity contribution < 1.29 is 9.59 Å². The monoisotopic (exact) mass is 366 g/mol. The lowest BCUT2D eigenvalue weighted by Gasteiger charge is -2.07. The molecular weight excluding hydrogens is 356 g/mol. The van der Waals surface area contributed by atoms with Crippen LogP contribution >= 0.6 is 27.7 Å². The van der Waals surface area contributed by atoms with E-state index in [2.05, 4.69) is 36.7 Å². The van der Waals surface area contributed by atoms with E-state index in [9.17, 15) is 9.59 Å². The Bertz CT molecular complexity index is 622. The molecule has 1 aromatic carbocycles. The van der Waals surface area contributed by atoms with Gasteiger partial charge in [-0.3, -0.25) is 20.4 Å². The highest BCUT2D eigenvalue weighted by atomic mass is 79.9. The number of hydrazine groups is 1. The molecule has 0 fully saturated rings. The summed E-state index contributed by atoms with van der Waals surface area (Å²) in [5, 5.41) is 0.506. The van der Waals surface area contributed by atoms with Crippen molar-refractivity contribution in [3.8, 4) is 0 Å². The van der Waals surface area contributed by atoms with Gasteiger partial charge in [-0.05, 0) is 30.3 Å². The van der Waals surface area contributed by atoms with E-state index in [0.717, 1.165) is 4.47 Å². The molecule has 6 nitrogen and oxygen atoms in total. The maximum Gasteiger partial charge on any atom is 0.269 e. The maximum atomic E-state index is 11.8. The topological polar surface area (TPSA) is 84.0 Å². The molecule has 8 heteroatoms. The molecule has 2 rings (SSSR count). The standard InChI is InChI=1S/C13H11BrN4O2S/c14-10-4-2-9(3-5-10)12(20)18-17-11(19)8-21-13-15-6-1-7-16-13/h1-7H,8H2,(H,17,19)(H,18,20). The predicted octanol–water partition coefficient (Wildman–Crippen LogP) is 1.79. The molecule has 21 heavy (non-hydrogen) atoms. The number of rotatable bonds is 4. The van der Waals surface area contributed by atoms with Crippen LogP contribution in [0.15, 0.2) is 52.4 Å². The van der Waals surface area contributed by atoms with Crippen molar-refractivity contribution in [3.05, 3.63) is 52.8 Å². The van der Waals surface area contributed by atoms with Crippen LogP contribution in [0.1, 0.15) is 10.4 Å². The Kier molecular flexibility index (Phi) is 5.70. The second kappa shape index (κ2) is 7.75. The molecule has 0 bridgehead atoms.